The van der Waals surface area contributed by atoms with Crippen LogP contribution in [0, 0.1) is 5.92 Å². The number of rotatable bonds is 4. The van der Waals surface area contributed by atoms with E-state index in [9.17, 15) is 0 Å². The van der Waals surface area contributed by atoms with Gasteiger partial charge in [-0.3, -0.25) is 4.57 Å². The molecule has 0 aliphatic rings. The van der Waals surface area contributed by atoms with Crippen LogP contribution in [0.15, 0.2) is 41.1 Å². The molecule has 17 heavy (non-hydrogen) atoms. The van der Waals surface area contributed by atoms with E-state index in [1.807, 2.05) is 24.5 Å². The van der Waals surface area contributed by atoms with Crippen molar-refractivity contribution in [1.29, 1.82) is 0 Å². The number of aromatic nitrogens is 2. The van der Waals surface area contributed by atoms with E-state index in [1.54, 1.807) is 0 Å². The second-order valence-electron chi connectivity index (χ2n) is 4.37. The Hall–Kier alpha value is -1.29. The van der Waals surface area contributed by atoms with Crippen molar-refractivity contribution in [2.45, 2.75) is 13.8 Å². The Labute approximate surface area is 110 Å². The van der Waals surface area contributed by atoms with Crippen molar-refractivity contribution < 1.29 is 0 Å². The lowest BCUT2D eigenvalue weighted by Gasteiger charge is -2.11. The third-order valence-corrected chi connectivity index (χ3v) is 2.94. The predicted molar refractivity (Wildman–Crippen MR) is 74.6 cm³/mol. The number of hydrogen-bond acceptors (Lipinski definition) is 2. The first-order valence-electron chi connectivity index (χ1n) is 5.70. The molecule has 0 fully saturated rings. The van der Waals surface area contributed by atoms with Crippen molar-refractivity contribution in [3.05, 3.63) is 41.1 Å². The summed E-state index contributed by atoms with van der Waals surface area (Å²) in [6, 6.07) is 8.18. The van der Waals surface area contributed by atoms with Crippen LogP contribution in [0.2, 0.25) is 0 Å². The highest BCUT2D eigenvalue weighted by molar-refractivity contribution is 9.10. The molecule has 0 spiro atoms. The Bertz CT molecular complexity index is 474. The summed E-state index contributed by atoms with van der Waals surface area (Å²) in [6.45, 7) is 5.29. The van der Waals surface area contributed by atoms with Gasteiger partial charge in [0.25, 0.3) is 0 Å². The molecule has 1 aromatic heterocycles. The highest BCUT2D eigenvalue weighted by atomic mass is 79.9. The number of benzene rings is 1. The molecule has 90 valence electrons. The lowest BCUT2D eigenvalue weighted by atomic mass is 10.2. The lowest BCUT2D eigenvalue weighted by Crippen LogP contribution is -2.11. The van der Waals surface area contributed by atoms with Crippen LogP contribution in [0.1, 0.15) is 13.8 Å². The molecule has 2 rings (SSSR count). The summed E-state index contributed by atoms with van der Waals surface area (Å²) in [7, 11) is 0. The van der Waals surface area contributed by atoms with Gasteiger partial charge < -0.3 is 5.32 Å². The van der Waals surface area contributed by atoms with Gasteiger partial charge in [-0.25, -0.2) is 4.98 Å². The summed E-state index contributed by atoms with van der Waals surface area (Å²) in [4.78, 5) is 4.33. The molecule has 1 heterocycles. The molecule has 0 saturated carbocycles. The first kappa shape index (κ1) is 12.2. The number of anilines is 1. The minimum Gasteiger partial charge on any atom is -0.355 e. The van der Waals surface area contributed by atoms with E-state index < -0.39 is 0 Å². The zero-order chi connectivity index (χ0) is 12.3. The summed E-state index contributed by atoms with van der Waals surface area (Å²) < 4.78 is 3.13. The standard InChI is InChI=1S/C13H16BrN3/c1-10(2)9-16-13-15-7-8-17(13)12-5-3-11(14)4-6-12/h3-8,10H,9H2,1-2H3,(H,15,16). The first-order chi connectivity index (χ1) is 8.16. The summed E-state index contributed by atoms with van der Waals surface area (Å²) in [5.41, 5.74) is 1.11. The fourth-order valence-electron chi connectivity index (χ4n) is 1.54. The van der Waals surface area contributed by atoms with Crippen LogP contribution in [0.5, 0.6) is 0 Å². The van der Waals surface area contributed by atoms with Crippen molar-refractivity contribution >= 4 is 21.9 Å². The van der Waals surface area contributed by atoms with Gasteiger partial charge in [-0.15, -0.1) is 0 Å². The van der Waals surface area contributed by atoms with E-state index in [1.165, 1.54) is 0 Å². The molecule has 1 N–H and O–H groups in total. The van der Waals surface area contributed by atoms with Gasteiger partial charge in [0.05, 0.1) is 0 Å². The maximum atomic E-state index is 4.33. The third kappa shape index (κ3) is 3.09. The SMILES string of the molecule is CC(C)CNc1nccn1-c1ccc(Br)cc1. The molecule has 0 aliphatic carbocycles. The topological polar surface area (TPSA) is 29.9 Å². The molecule has 0 aliphatic heterocycles. The second-order valence-corrected chi connectivity index (χ2v) is 5.29. The monoisotopic (exact) mass is 293 g/mol. The lowest BCUT2D eigenvalue weighted by molar-refractivity contribution is 0.683. The largest absolute Gasteiger partial charge is 0.355 e. The van der Waals surface area contributed by atoms with Crippen LogP contribution < -0.4 is 5.32 Å². The molecular weight excluding hydrogens is 278 g/mol. The molecule has 0 saturated heterocycles. The summed E-state index contributed by atoms with van der Waals surface area (Å²) in [5.74, 6) is 1.49. The molecule has 0 amide bonds. The summed E-state index contributed by atoms with van der Waals surface area (Å²) >= 11 is 3.44. The van der Waals surface area contributed by atoms with Gasteiger partial charge in [0.15, 0.2) is 0 Å². The maximum absolute atomic E-state index is 4.33. The minimum atomic E-state index is 0.602. The third-order valence-electron chi connectivity index (χ3n) is 2.41. The number of halogens is 1. The fraction of sp³-hybridized carbons (Fsp3) is 0.308. The molecular formula is C13H16BrN3. The summed E-state index contributed by atoms with van der Waals surface area (Å²) in [5, 5.41) is 3.35. The highest BCUT2D eigenvalue weighted by Crippen LogP contribution is 2.17. The van der Waals surface area contributed by atoms with Crippen LogP contribution >= 0.6 is 15.9 Å². The number of nitrogens with zero attached hydrogens (tertiary/aromatic N) is 2. The molecule has 0 unspecified atom stereocenters. The number of imidazole rings is 1. The minimum absolute atomic E-state index is 0.602. The summed E-state index contributed by atoms with van der Waals surface area (Å²) in [6.07, 6.45) is 3.77. The van der Waals surface area contributed by atoms with Gasteiger partial charge in [-0.2, -0.15) is 0 Å². The average Bonchev–Trinajstić information content (AvgIpc) is 2.75. The van der Waals surface area contributed by atoms with Gasteiger partial charge in [-0.05, 0) is 30.2 Å². The van der Waals surface area contributed by atoms with Crippen molar-refractivity contribution in [1.82, 2.24) is 9.55 Å². The van der Waals surface area contributed by atoms with Gasteiger partial charge in [-0.1, -0.05) is 29.8 Å². The van der Waals surface area contributed by atoms with E-state index in [4.69, 9.17) is 0 Å². The van der Waals surface area contributed by atoms with E-state index in [2.05, 4.69) is 56.8 Å². The first-order valence-corrected chi connectivity index (χ1v) is 6.49. The van der Waals surface area contributed by atoms with Crippen LogP contribution in [0.4, 0.5) is 5.95 Å². The Morgan fingerprint density at radius 2 is 2.00 bits per heavy atom. The Kier molecular flexibility index (Phi) is 3.84. The smallest absolute Gasteiger partial charge is 0.207 e. The molecule has 0 atom stereocenters. The zero-order valence-electron chi connectivity index (χ0n) is 10.0. The van der Waals surface area contributed by atoms with Crippen molar-refractivity contribution in [3.8, 4) is 5.69 Å². The Balaban J connectivity index is 2.21. The molecule has 2 aromatic rings. The van der Waals surface area contributed by atoms with Crippen LogP contribution in [-0.2, 0) is 0 Å². The van der Waals surface area contributed by atoms with E-state index >= 15 is 0 Å². The van der Waals surface area contributed by atoms with Crippen LogP contribution in [0.25, 0.3) is 5.69 Å². The van der Waals surface area contributed by atoms with Gasteiger partial charge >= 0.3 is 0 Å². The quantitative estimate of drug-likeness (QED) is 0.931. The molecule has 0 bridgehead atoms. The number of hydrogen-bond donors (Lipinski definition) is 1. The Morgan fingerprint density at radius 1 is 1.29 bits per heavy atom. The maximum Gasteiger partial charge on any atom is 0.207 e. The molecule has 1 aromatic carbocycles. The molecule has 0 radical (unpaired) electrons. The van der Waals surface area contributed by atoms with E-state index in [-0.39, 0.29) is 0 Å². The van der Waals surface area contributed by atoms with Crippen molar-refractivity contribution in [3.63, 3.8) is 0 Å². The van der Waals surface area contributed by atoms with E-state index in [0.29, 0.717) is 5.92 Å². The van der Waals surface area contributed by atoms with Gasteiger partial charge in [0.2, 0.25) is 5.95 Å². The van der Waals surface area contributed by atoms with Crippen molar-refractivity contribution in [2.24, 2.45) is 5.92 Å². The fourth-order valence-corrected chi connectivity index (χ4v) is 1.80. The molecule has 3 nitrogen and oxygen atoms in total. The molecule has 4 heteroatoms. The van der Waals surface area contributed by atoms with Crippen LogP contribution in [-0.4, -0.2) is 16.1 Å². The normalized spacial score (nSPS) is 10.8. The predicted octanol–water partition coefficient (Wildman–Crippen LogP) is 3.70. The van der Waals surface area contributed by atoms with Crippen molar-refractivity contribution in [2.75, 3.05) is 11.9 Å². The van der Waals surface area contributed by atoms with Crippen LogP contribution in [0.3, 0.4) is 0 Å². The zero-order valence-corrected chi connectivity index (χ0v) is 11.6. The van der Waals surface area contributed by atoms with Gasteiger partial charge in [0.1, 0.15) is 0 Å². The highest BCUT2D eigenvalue weighted by Gasteiger charge is 2.04. The number of nitrogens with one attached hydrogen (secondary N) is 1. The van der Waals surface area contributed by atoms with E-state index in [0.717, 1.165) is 22.7 Å². The average molecular weight is 294 g/mol. The van der Waals surface area contributed by atoms with Gasteiger partial charge in [0, 0.05) is 29.1 Å². The Morgan fingerprint density at radius 3 is 2.65 bits per heavy atom. The second kappa shape index (κ2) is 5.36.